The summed E-state index contributed by atoms with van der Waals surface area (Å²) in [5.41, 5.74) is -0.993. The standard InChI is InChI=1S/C20H17ClF3N3O4S/c21-10-2-1-3-11(6-10)32-20-19(30)17(18(29)15(8-28)31-20)27-7-14(25-26-27)9-4-12(22)16(24)13(23)5-9/h1-7,15,17-20,28-30H,8H2/t15?,17?,18-,19?,20+/m0/s1. The van der Waals surface area contributed by atoms with Crippen LogP contribution in [-0.2, 0) is 4.74 Å². The molecule has 1 fully saturated rings. The molecule has 0 saturated carbocycles. The van der Waals surface area contributed by atoms with E-state index in [-0.39, 0.29) is 11.3 Å². The average Bonchev–Trinajstić information content (AvgIpc) is 3.23. The zero-order valence-corrected chi connectivity index (χ0v) is 17.7. The molecule has 1 saturated heterocycles. The minimum atomic E-state index is -1.61. The second-order valence-corrected chi connectivity index (χ2v) is 8.72. The zero-order valence-electron chi connectivity index (χ0n) is 16.1. The van der Waals surface area contributed by atoms with Gasteiger partial charge in [-0.05, 0) is 30.3 Å². The zero-order chi connectivity index (χ0) is 23.0. The summed E-state index contributed by atoms with van der Waals surface area (Å²) < 4.78 is 47.2. The number of hydrogen-bond donors (Lipinski definition) is 3. The van der Waals surface area contributed by atoms with Crippen molar-refractivity contribution in [3.8, 4) is 11.3 Å². The molecular weight excluding hydrogens is 471 g/mol. The normalized spacial score (nSPS) is 25.8. The molecule has 2 aromatic carbocycles. The fourth-order valence-corrected chi connectivity index (χ4v) is 4.78. The van der Waals surface area contributed by atoms with Gasteiger partial charge in [0, 0.05) is 15.5 Å². The van der Waals surface area contributed by atoms with Crippen molar-refractivity contribution in [3.63, 3.8) is 0 Å². The van der Waals surface area contributed by atoms with Crippen molar-refractivity contribution in [2.75, 3.05) is 6.61 Å². The van der Waals surface area contributed by atoms with E-state index < -0.39 is 53.8 Å². The van der Waals surface area contributed by atoms with Crippen LogP contribution in [-0.4, -0.2) is 60.7 Å². The van der Waals surface area contributed by atoms with Gasteiger partial charge in [0.1, 0.15) is 35.5 Å². The molecule has 4 rings (SSSR count). The first-order valence-corrected chi connectivity index (χ1v) is 10.7. The third kappa shape index (κ3) is 4.49. The first-order valence-electron chi connectivity index (χ1n) is 9.40. The summed E-state index contributed by atoms with van der Waals surface area (Å²) in [4.78, 5) is 0.685. The van der Waals surface area contributed by atoms with E-state index in [1.807, 2.05) is 0 Å². The number of benzene rings is 2. The van der Waals surface area contributed by atoms with Crippen molar-refractivity contribution in [1.82, 2.24) is 15.0 Å². The van der Waals surface area contributed by atoms with Gasteiger partial charge in [-0.15, -0.1) is 5.10 Å². The second-order valence-electron chi connectivity index (χ2n) is 7.11. The van der Waals surface area contributed by atoms with Crippen LogP contribution in [0.25, 0.3) is 11.3 Å². The molecule has 7 nitrogen and oxygen atoms in total. The highest BCUT2D eigenvalue weighted by Gasteiger charge is 2.46. The molecular formula is C20H17ClF3N3O4S. The molecule has 1 aromatic heterocycles. The van der Waals surface area contributed by atoms with Crippen molar-refractivity contribution in [1.29, 1.82) is 0 Å². The molecule has 170 valence electrons. The van der Waals surface area contributed by atoms with E-state index >= 15 is 0 Å². The van der Waals surface area contributed by atoms with Gasteiger partial charge in [-0.1, -0.05) is 34.6 Å². The molecule has 0 bridgehead atoms. The molecule has 32 heavy (non-hydrogen) atoms. The van der Waals surface area contributed by atoms with Crippen LogP contribution < -0.4 is 0 Å². The first kappa shape index (κ1) is 23.0. The van der Waals surface area contributed by atoms with Gasteiger partial charge in [-0.25, -0.2) is 17.9 Å². The largest absolute Gasteiger partial charge is 0.394 e. The Kier molecular flexibility index (Phi) is 6.75. The maximum absolute atomic E-state index is 13.6. The Morgan fingerprint density at radius 2 is 1.81 bits per heavy atom. The first-order chi connectivity index (χ1) is 15.3. The number of halogens is 4. The highest BCUT2D eigenvalue weighted by molar-refractivity contribution is 7.99. The number of thioether (sulfide) groups is 1. The molecule has 3 aromatic rings. The van der Waals surface area contributed by atoms with Crippen molar-refractivity contribution < 1.29 is 33.2 Å². The van der Waals surface area contributed by atoms with Crippen LogP contribution >= 0.6 is 23.4 Å². The SMILES string of the molecule is OCC1O[C@H](Sc2cccc(Cl)c2)C(O)C(n2cc(-c3cc(F)c(F)c(F)c3)nn2)[C@H]1O. The van der Waals surface area contributed by atoms with Gasteiger partial charge < -0.3 is 20.1 Å². The molecule has 0 spiro atoms. The number of aromatic nitrogens is 3. The van der Waals surface area contributed by atoms with E-state index in [0.29, 0.717) is 9.92 Å². The topological polar surface area (TPSA) is 101 Å². The fourth-order valence-electron chi connectivity index (χ4n) is 3.41. The Hall–Kier alpha value is -2.15. The maximum atomic E-state index is 13.6. The Morgan fingerprint density at radius 1 is 1.09 bits per heavy atom. The Morgan fingerprint density at radius 3 is 2.47 bits per heavy atom. The van der Waals surface area contributed by atoms with E-state index in [0.717, 1.165) is 28.6 Å². The van der Waals surface area contributed by atoms with Gasteiger partial charge in [-0.3, -0.25) is 0 Å². The quantitative estimate of drug-likeness (QED) is 0.476. The molecule has 3 unspecified atom stereocenters. The molecule has 0 amide bonds. The summed E-state index contributed by atoms with van der Waals surface area (Å²) in [5, 5.41) is 39.4. The maximum Gasteiger partial charge on any atom is 0.194 e. The Bertz CT molecular complexity index is 1100. The number of nitrogens with zero attached hydrogens (tertiary/aromatic N) is 3. The van der Waals surface area contributed by atoms with Gasteiger partial charge in [0.25, 0.3) is 0 Å². The third-order valence-corrected chi connectivity index (χ3v) is 6.38. The Balaban J connectivity index is 1.64. The highest BCUT2D eigenvalue weighted by atomic mass is 35.5. The van der Waals surface area contributed by atoms with Gasteiger partial charge in [-0.2, -0.15) is 0 Å². The van der Waals surface area contributed by atoms with Gasteiger partial charge in [0.2, 0.25) is 0 Å². The predicted molar refractivity (Wildman–Crippen MR) is 109 cm³/mol. The van der Waals surface area contributed by atoms with E-state index in [9.17, 15) is 28.5 Å². The lowest BCUT2D eigenvalue weighted by atomic mass is 9.97. The third-order valence-electron chi connectivity index (χ3n) is 4.99. The van der Waals surface area contributed by atoms with Crippen LogP contribution in [0.4, 0.5) is 13.2 Å². The molecule has 3 N–H and O–H groups in total. The summed E-state index contributed by atoms with van der Waals surface area (Å²) >= 11 is 7.13. The van der Waals surface area contributed by atoms with E-state index in [4.69, 9.17) is 16.3 Å². The van der Waals surface area contributed by atoms with Gasteiger partial charge >= 0.3 is 0 Å². The van der Waals surface area contributed by atoms with Gasteiger partial charge in [0.05, 0.1) is 12.8 Å². The molecule has 5 atom stereocenters. The smallest absolute Gasteiger partial charge is 0.194 e. The minimum absolute atomic E-state index is 0.00622. The predicted octanol–water partition coefficient (Wildman–Crippen LogP) is 2.79. The van der Waals surface area contributed by atoms with E-state index in [1.165, 1.54) is 6.20 Å². The molecule has 0 radical (unpaired) electrons. The number of hydrogen-bond acceptors (Lipinski definition) is 7. The summed E-state index contributed by atoms with van der Waals surface area (Å²) in [6.07, 6.45) is -2.48. The minimum Gasteiger partial charge on any atom is -0.394 e. The number of aliphatic hydroxyl groups is 3. The molecule has 1 aliphatic heterocycles. The fraction of sp³-hybridized carbons (Fsp3) is 0.300. The van der Waals surface area contributed by atoms with Crippen molar-refractivity contribution in [3.05, 3.63) is 65.1 Å². The van der Waals surface area contributed by atoms with E-state index in [2.05, 4.69) is 10.3 Å². The van der Waals surface area contributed by atoms with Crippen molar-refractivity contribution in [2.24, 2.45) is 0 Å². The van der Waals surface area contributed by atoms with Crippen LogP contribution in [0.5, 0.6) is 0 Å². The summed E-state index contributed by atoms with van der Waals surface area (Å²) in [6, 6.07) is 7.25. The van der Waals surface area contributed by atoms with Crippen LogP contribution in [0.1, 0.15) is 6.04 Å². The monoisotopic (exact) mass is 487 g/mol. The summed E-state index contributed by atoms with van der Waals surface area (Å²) in [5.74, 6) is -4.39. The lowest BCUT2D eigenvalue weighted by Crippen LogP contribution is -2.55. The summed E-state index contributed by atoms with van der Waals surface area (Å²) in [7, 11) is 0. The number of aliphatic hydroxyl groups excluding tert-OH is 3. The molecule has 0 aliphatic carbocycles. The van der Waals surface area contributed by atoms with Crippen molar-refractivity contribution >= 4 is 23.4 Å². The second kappa shape index (κ2) is 9.38. The lowest BCUT2D eigenvalue weighted by Gasteiger charge is -2.41. The van der Waals surface area contributed by atoms with E-state index in [1.54, 1.807) is 24.3 Å². The number of ether oxygens (including phenoxy) is 1. The van der Waals surface area contributed by atoms with Crippen molar-refractivity contribution in [2.45, 2.75) is 34.7 Å². The summed E-state index contributed by atoms with van der Waals surface area (Å²) in [6.45, 7) is -0.535. The highest BCUT2D eigenvalue weighted by Crippen LogP contribution is 2.38. The number of rotatable bonds is 5. The van der Waals surface area contributed by atoms with Gasteiger partial charge in [0.15, 0.2) is 17.5 Å². The van der Waals surface area contributed by atoms with Crippen LogP contribution in [0.3, 0.4) is 0 Å². The lowest BCUT2D eigenvalue weighted by molar-refractivity contribution is -0.178. The molecule has 2 heterocycles. The van der Waals surface area contributed by atoms with Crippen LogP contribution in [0.2, 0.25) is 5.02 Å². The Labute approximate surface area is 189 Å². The van der Waals surface area contributed by atoms with Crippen LogP contribution in [0.15, 0.2) is 47.5 Å². The van der Waals surface area contributed by atoms with Crippen LogP contribution in [0, 0.1) is 17.5 Å². The molecule has 1 aliphatic rings. The average molecular weight is 488 g/mol. The molecule has 12 heteroatoms.